The summed E-state index contributed by atoms with van der Waals surface area (Å²) in [6.45, 7) is 6.79. The van der Waals surface area contributed by atoms with E-state index in [1.807, 2.05) is 18.7 Å². The lowest BCUT2D eigenvalue weighted by molar-refractivity contribution is -0.130. The van der Waals surface area contributed by atoms with Crippen LogP contribution in [-0.4, -0.2) is 57.2 Å². The molecule has 3 aromatic rings. The number of amides is 1. The number of hydrogen-bond donors (Lipinski definition) is 0. The Labute approximate surface area is 199 Å². The number of rotatable bonds is 5. The van der Waals surface area contributed by atoms with Gasteiger partial charge in [-0.2, -0.15) is 0 Å². The molecule has 1 fully saturated rings. The zero-order valence-electron chi connectivity index (χ0n) is 18.2. The van der Waals surface area contributed by atoms with Gasteiger partial charge in [-0.25, -0.2) is 9.37 Å². The van der Waals surface area contributed by atoms with E-state index >= 15 is 0 Å². The minimum absolute atomic E-state index is 0.00598. The van der Waals surface area contributed by atoms with Crippen LogP contribution in [0.4, 0.5) is 4.39 Å². The third kappa shape index (κ3) is 4.57. The van der Waals surface area contributed by atoms with Crippen molar-refractivity contribution in [3.05, 3.63) is 55.4 Å². The first kappa shape index (κ1) is 23.2. The van der Waals surface area contributed by atoms with Crippen LogP contribution in [0.5, 0.6) is 0 Å². The number of halogens is 2. The summed E-state index contributed by atoms with van der Waals surface area (Å²) in [4.78, 5) is 35.8. The Bertz CT molecular complexity index is 1210. The van der Waals surface area contributed by atoms with Crippen LogP contribution in [0.3, 0.4) is 0 Å². The van der Waals surface area contributed by atoms with Crippen LogP contribution in [0.25, 0.3) is 10.2 Å². The summed E-state index contributed by atoms with van der Waals surface area (Å²) >= 11 is 8.93. The Morgan fingerprint density at radius 1 is 1.25 bits per heavy atom. The molecule has 0 unspecified atom stereocenters. The molecule has 1 aliphatic heterocycles. The highest BCUT2D eigenvalue weighted by Gasteiger charge is 2.23. The first-order chi connectivity index (χ1) is 15.3. The normalized spacial score (nSPS) is 15.0. The van der Waals surface area contributed by atoms with Gasteiger partial charge in [-0.15, -0.1) is 11.3 Å². The topological polar surface area (TPSA) is 58.4 Å². The van der Waals surface area contributed by atoms with E-state index < -0.39 is 0 Å². The van der Waals surface area contributed by atoms with E-state index in [-0.39, 0.29) is 23.0 Å². The maximum Gasteiger partial charge on any atom is 0.262 e. The van der Waals surface area contributed by atoms with Crippen LogP contribution in [0.2, 0.25) is 5.02 Å². The summed E-state index contributed by atoms with van der Waals surface area (Å²) in [7, 11) is 1.70. The SMILES string of the molecule is Cc1sc2nc(SCC(=O)N3CCN(Cc4c(F)cccc4Cl)CC3)n(C)c(=O)c2c1C. The van der Waals surface area contributed by atoms with Gasteiger partial charge in [0.2, 0.25) is 5.91 Å². The van der Waals surface area contributed by atoms with E-state index in [0.29, 0.717) is 53.9 Å². The van der Waals surface area contributed by atoms with Crippen molar-refractivity contribution in [3.63, 3.8) is 0 Å². The molecule has 10 heteroatoms. The number of benzene rings is 1. The predicted molar refractivity (Wildman–Crippen MR) is 128 cm³/mol. The van der Waals surface area contributed by atoms with Gasteiger partial charge in [-0.3, -0.25) is 19.1 Å². The van der Waals surface area contributed by atoms with Gasteiger partial charge in [0.25, 0.3) is 5.56 Å². The van der Waals surface area contributed by atoms with Crippen molar-refractivity contribution in [2.45, 2.75) is 25.5 Å². The first-order valence-corrected chi connectivity index (χ1v) is 12.5. The number of carbonyl (C=O) groups is 1. The molecule has 0 atom stereocenters. The predicted octanol–water partition coefficient (Wildman–Crippen LogP) is 3.84. The summed E-state index contributed by atoms with van der Waals surface area (Å²) < 4.78 is 15.6. The van der Waals surface area contributed by atoms with Crippen LogP contribution in [0, 0.1) is 19.7 Å². The fourth-order valence-electron chi connectivity index (χ4n) is 3.77. The summed E-state index contributed by atoms with van der Waals surface area (Å²) in [5.74, 6) is -0.0843. The quantitative estimate of drug-likeness (QED) is 0.398. The maximum atomic E-state index is 14.0. The molecule has 170 valence electrons. The lowest BCUT2D eigenvalue weighted by Crippen LogP contribution is -2.49. The zero-order valence-corrected chi connectivity index (χ0v) is 20.5. The van der Waals surface area contributed by atoms with Gasteiger partial charge in [0.05, 0.1) is 11.1 Å². The molecular weight excluding hydrogens is 471 g/mol. The van der Waals surface area contributed by atoms with Gasteiger partial charge < -0.3 is 4.90 Å². The fraction of sp³-hybridized carbons (Fsp3) is 0.409. The molecule has 0 aliphatic carbocycles. The monoisotopic (exact) mass is 494 g/mol. The van der Waals surface area contributed by atoms with E-state index in [9.17, 15) is 14.0 Å². The molecule has 1 amide bonds. The van der Waals surface area contributed by atoms with Crippen molar-refractivity contribution in [2.75, 3.05) is 31.9 Å². The number of nitrogens with zero attached hydrogens (tertiary/aromatic N) is 4. The average Bonchev–Trinajstić information content (AvgIpc) is 3.06. The van der Waals surface area contributed by atoms with Crippen molar-refractivity contribution in [1.29, 1.82) is 0 Å². The Hall–Kier alpha value is -1.94. The number of aryl methyl sites for hydroxylation is 2. The number of thioether (sulfide) groups is 1. The van der Waals surface area contributed by atoms with Crippen molar-refractivity contribution in [3.8, 4) is 0 Å². The van der Waals surface area contributed by atoms with E-state index in [0.717, 1.165) is 15.3 Å². The Balaban J connectivity index is 1.36. The Morgan fingerprint density at radius 3 is 2.66 bits per heavy atom. The highest BCUT2D eigenvalue weighted by Crippen LogP contribution is 2.28. The highest BCUT2D eigenvalue weighted by molar-refractivity contribution is 7.99. The fourth-order valence-corrected chi connectivity index (χ4v) is 5.93. The van der Waals surface area contributed by atoms with Crippen molar-refractivity contribution >= 4 is 50.8 Å². The third-order valence-corrected chi connectivity index (χ3v) is 8.33. The second-order valence-corrected chi connectivity index (χ2v) is 10.4. The summed E-state index contributed by atoms with van der Waals surface area (Å²) in [6.07, 6.45) is 0. The smallest absolute Gasteiger partial charge is 0.262 e. The van der Waals surface area contributed by atoms with Gasteiger partial charge in [-0.05, 0) is 31.5 Å². The minimum Gasteiger partial charge on any atom is -0.339 e. The Kier molecular flexibility index (Phi) is 6.90. The Morgan fingerprint density at radius 2 is 1.97 bits per heavy atom. The minimum atomic E-state index is -0.307. The second-order valence-electron chi connectivity index (χ2n) is 7.87. The van der Waals surface area contributed by atoms with Crippen molar-refractivity contribution in [1.82, 2.24) is 19.4 Å². The lowest BCUT2D eigenvalue weighted by Gasteiger charge is -2.35. The third-order valence-electron chi connectivity index (χ3n) is 5.86. The average molecular weight is 495 g/mol. The maximum absolute atomic E-state index is 14.0. The molecule has 0 radical (unpaired) electrons. The van der Waals surface area contributed by atoms with Crippen molar-refractivity contribution in [2.24, 2.45) is 7.05 Å². The van der Waals surface area contributed by atoms with Crippen LogP contribution >= 0.6 is 34.7 Å². The molecule has 1 aromatic carbocycles. The first-order valence-electron chi connectivity index (χ1n) is 10.3. The highest BCUT2D eigenvalue weighted by atomic mass is 35.5. The molecule has 0 spiro atoms. The van der Waals surface area contributed by atoms with E-state index in [4.69, 9.17) is 11.6 Å². The lowest BCUT2D eigenvalue weighted by atomic mass is 10.2. The number of carbonyl (C=O) groups excluding carboxylic acids is 1. The number of aromatic nitrogens is 2. The van der Waals surface area contributed by atoms with Crippen molar-refractivity contribution < 1.29 is 9.18 Å². The van der Waals surface area contributed by atoms with E-state index in [1.165, 1.54) is 33.7 Å². The van der Waals surface area contributed by atoms with Crippen LogP contribution in [0.1, 0.15) is 16.0 Å². The largest absolute Gasteiger partial charge is 0.339 e. The molecule has 2 aromatic heterocycles. The van der Waals surface area contributed by atoms with Gasteiger partial charge in [-0.1, -0.05) is 29.4 Å². The molecule has 1 saturated heterocycles. The summed E-state index contributed by atoms with van der Waals surface area (Å²) in [5, 5.41) is 1.63. The van der Waals surface area contributed by atoms with Crippen LogP contribution in [0.15, 0.2) is 28.2 Å². The molecular formula is C22H24ClFN4O2S2. The van der Waals surface area contributed by atoms with Gasteiger partial charge >= 0.3 is 0 Å². The van der Waals surface area contributed by atoms with Gasteiger partial charge in [0.1, 0.15) is 10.6 Å². The second kappa shape index (κ2) is 9.51. The van der Waals surface area contributed by atoms with Crippen LogP contribution in [-0.2, 0) is 18.4 Å². The molecule has 1 aliphatic rings. The van der Waals surface area contributed by atoms with E-state index in [1.54, 1.807) is 19.2 Å². The molecule has 32 heavy (non-hydrogen) atoms. The molecule has 0 bridgehead atoms. The molecule has 3 heterocycles. The number of piperazine rings is 1. The molecule has 6 nitrogen and oxygen atoms in total. The molecule has 0 N–H and O–H groups in total. The molecule has 4 rings (SSSR count). The van der Waals surface area contributed by atoms with Gasteiger partial charge in [0.15, 0.2) is 5.16 Å². The zero-order chi connectivity index (χ0) is 23.0. The number of fused-ring (bicyclic) bond motifs is 1. The van der Waals surface area contributed by atoms with Crippen LogP contribution < -0.4 is 5.56 Å². The standard InChI is InChI=1S/C22H24ClFN4O2S2/c1-13-14(2)32-20-19(13)21(30)26(3)22(25-20)31-12-18(29)28-9-7-27(8-10-28)11-15-16(23)5-4-6-17(15)24/h4-6H,7-12H2,1-3H3. The number of thiophene rings is 1. The summed E-state index contributed by atoms with van der Waals surface area (Å²) in [5.41, 5.74) is 1.39. The number of hydrogen-bond acceptors (Lipinski definition) is 6. The molecule has 0 saturated carbocycles. The summed E-state index contributed by atoms with van der Waals surface area (Å²) in [6, 6.07) is 4.70. The van der Waals surface area contributed by atoms with Gasteiger partial charge in [0, 0.05) is 55.2 Å². The van der Waals surface area contributed by atoms with E-state index in [2.05, 4.69) is 9.88 Å².